The number of aromatic nitrogens is 1. The molecule has 7 heteroatoms. The Morgan fingerprint density at radius 3 is 2.76 bits per heavy atom. The highest BCUT2D eigenvalue weighted by molar-refractivity contribution is 9.10. The third-order valence-electron chi connectivity index (χ3n) is 2.66. The molecular weight excluding hydrogens is 356 g/mol. The van der Waals surface area contributed by atoms with Gasteiger partial charge in [-0.15, -0.1) is 0 Å². The zero-order valence-electron chi connectivity index (χ0n) is 11.9. The minimum Gasteiger partial charge on any atom is -0.462 e. The Morgan fingerprint density at radius 1 is 1.43 bits per heavy atom. The van der Waals surface area contributed by atoms with E-state index in [-0.39, 0.29) is 11.9 Å². The van der Waals surface area contributed by atoms with Gasteiger partial charge in [0, 0.05) is 0 Å². The molecule has 0 spiro atoms. The van der Waals surface area contributed by atoms with Crippen molar-refractivity contribution in [1.82, 2.24) is 4.98 Å². The predicted molar refractivity (Wildman–Crippen MR) is 87.2 cm³/mol. The van der Waals surface area contributed by atoms with Gasteiger partial charge in [-0.05, 0) is 39.0 Å². The van der Waals surface area contributed by atoms with Crippen LogP contribution in [0, 0.1) is 0 Å². The van der Waals surface area contributed by atoms with E-state index in [9.17, 15) is 9.59 Å². The van der Waals surface area contributed by atoms with Gasteiger partial charge in [0.05, 0.1) is 26.7 Å². The average molecular weight is 371 g/mol. The third kappa shape index (κ3) is 3.79. The van der Waals surface area contributed by atoms with Gasteiger partial charge in [0.15, 0.2) is 5.13 Å². The molecule has 1 heterocycles. The van der Waals surface area contributed by atoms with E-state index in [0.29, 0.717) is 17.3 Å². The minimum atomic E-state index is -0.666. The first kappa shape index (κ1) is 15.9. The van der Waals surface area contributed by atoms with Gasteiger partial charge in [-0.25, -0.2) is 9.78 Å². The lowest BCUT2D eigenvalue weighted by Crippen LogP contribution is -2.30. The average Bonchev–Trinajstić information content (AvgIpc) is 2.78. The summed E-state index contributed by atoms with van der Waals surface area (Å²) in [6, 6.07) is 5.13. The summed E-state index contributed by atoms with van der Waals surface area (Å²) in [6.45, 7) is 5.61. The number of thiazole rings is 1. The van der Waals surface area contributed by atoms with Crippen molar-refractivity contribution in [3.05, 3.63) is 23.8 Å². The van der Waals surface area contributed by atoms with Crippen molar-refractivity contribution < 1.29 is 14.3 Å². The number of nitrogens with one attached hydrogen (secondary N) is 1. The highest BCUT2D eigenvalue weighted by Gasteiger charge is 2.24. The van der Waals surface area contributed by atoms with Crippen LogP contribution in [0.1, 0.15) is 31.1 Å². The predicted octanol–water partition coefficient (Wildman–Crippen LogP) is 3.59. The number of nitrogens with zero attached hydrogens (tertiary/aromatic N) is 1. The summed E-state index contributed by atoms with van der Waals surface area (Å²) in [7, 11) is 0. The Hall–Kier alpha value is -1.47. The molecule has 0 fully saturated rings. The van der Waals surface area contributed by atoms with Gasteiger partial charge in [-0.3, -0.25) is 4.79 Å². The summed E-state index contributed by atoms with van der Waals surface area (Å²) < 4.78 is 5.12. The molecule has 112 valence electrons. The molecule has 1 N–H and O–H groups in total. The van der Waals surface area contributed by atoms with Crippen LogP contribution in [0.5, 0.6) is 0 Å². The molecule has 0 unspecified atom stereocenters. The summed E-state index contributed by atoms with van der Waals surface area (Å²) in [5.41, 5.74) is 1.21. The lowest BCUT2D eigenvalue weighted by molar-refractivity contribution is -0.117. The Morgan fingerprint density at radius 2 is 2.14 bits per heavy atom. The molecule has 21 heavy (non-hydrogen) atoms. The number of carbonyl (C=O) groups is 2. The fraction of sp³-hybridized carbons (Fsp3) is 0.357. The second-order valence-corrected chi connectivity index (χ2v) is 7.86. The molecule has 1 amide bonds. The first-order valence-corrected chi connectivity index (χ1v) is 8.00. The van der Waals surface area contributed by atoms with Crippen molar-refractivity contribution >= 4 is 54.5 Å². The van der Waals surface area contributed by atoms with Crippen molar-refractivity contribution in [2.75, 3.05) is 11.9 Å². The summed E-state index contributed by atoms with van der Waals surface area (Å²) in [5, 5.41) is 3.25. The van der Waals surface area contributed by atoms with Gasteiger partial charge in [-0.1, -0.05) is 27.3 Å². The second kappa shape index (κ2) is 6.11. The monoisotopic (exact) mass is 370 g/mol. The number of rotatable bonds is 4. The highest BCUT2D eigenvalue weighted by atomic mass is 79.9. The van der Waals surface area contributed by atoms with Crippen LogP contribution >= 0.6 is 27.3 Å². The lowest BCUT2D eigenvalue weighted by atomic mass is 10.2. The summed E-state index contributed by atoms with van der Waals surface area (Å²) >= 11 is 4.62. The number of amides is 1. The van der Waals surface area contributed by atoms with Crippen LogP contribution in [0.25, 0.3) is 10.2 Å². The minimum absolute atomic E-state index is 0.174. The van der Waals surface area contributed by atoms with Crippen molar-refractivity contribution in [3.8, 4) is 0 Å². The normalized spacial score (nSPS) is 11.4. The number of hydrogen-bond donors (Lipinski definition) is 1. The van der Waals surface area contributed by atoms with Crippen LogP contribution in [-0.4, -0.2) is 27.8 Å². The SMILES string of the molecule is CCOC(=O)c1ccc2nc(NC(=O)C(C)(C)Br)sc2c1. The Kier molecular flexibility index (Phi) is 4.63. The third-order valence-corrected chi connectivity index (χ3v) is 3.95. The molecule has 1 aromatic carbocycles. The molecule has 2 aromatic rings. The smallest absolute Gasteiger partial charge is 0.338 e. The molecular formula is C14H15BrN2O3S. The van der Waals surface area contributed by atoms with Gasteiger partial charge in [0.2, 0.25) is 5.91 Å². The largest absolute Gasteiger partial charge is 0.462 e. The van der Waals surface area contributed by atoms with Gasteiger partial charge in [-0.2, -0.15) is 0 Å². The molecule has 0 saturated heterocycles. The van der Waals surface area contributed by atoms with Gasteiger partial charge in [0.25, 0.3) is 0 Å². The van der Waals surface area contributed by atoms with Crippen LogP contribution in [0.3, 0.4) is 0 Å². The first-order chi connectivity index (χ1) is 9.81. The van der Waals surface area contributed by atoms with Crippen molar-refractivity contribution in [3.63, 3.8) is 0 Å². The van der Waals surface area contributed by atoms with Crippen LogP contribution < -0.4 is 5.32 Å². The van der Waals surface area contributed by atoms with Gasteiger partial charge in [0.1, 0.15) is 0 Å². The molecule has 0 radical (unpaired) electrons. The van der Waals surface area contributed by atoms with E-state index in [1.165, 1.54) is 11.3 Å². The standard InChI is InChI=1S/C14H15BrN2O3S/c1-4-20-11(18)8-5-6-9-10(7-8)21-13(16-9)17-12(19)14(2,3)15/h5-7H,4H2,1-3H3,(H,16,17,19). The van der Waals surface area contributed by atoms with Crippen molar-refractivity contribution in [1.29, 1.82) is 0 Å². The molecule has 0 atom stereocenters. The van der Waals surface area contributed by atoms with E-state index in [2.05, 4.69) is 26.2 Å². The Bertz CT molecular complexity index is 691. The lowest BCUT2D eigenvalue weighted by Gasteiger charge is -2.13. The number of halogens is 1. The van der Waals surface area contributed by atoms with E-state index in [4.69, 9.17) is 4.74 Å². The molecule has 0 aliphatic heterocycles. The number of benzene rings is 1. The number of ether oxygens (including phenoxy) is 1. The van der Waals surface area contributed by atoms with Crippen LogP contribution in [0.2, 0.25) is 0 Å². The number of alkyl halides is 1. The molecule has 2 rings (SSSR count). The Labute approximate surface area is 134 Å². The molecule has 1 aromatic heterocycles. The quantitative estimate of drug-likeness (QED) is 0.659. The zero-order chi connectivity index (χ0) is 15.6. The molecule has 0 aliphatic carbocycles. The van der Waals surface area contributed by atoms with E-state index in [1.54, 1.807) is 39.0 Å². The number of hydrogen-bond acceptors (Lipinski definition) is 5. The maximum absolute atomic E-state index is 11.9. The molecule has 0 saturated carbocycles. The zero-order valence-corrected chi connectivity index (χ0v) is 14.3. The second-order valence-electron chi connectivity index (χ2n) is 4.85. The van der Waals surface area contributed by atoms with E-state index < -0.39 is 4.32 Å². The van der Waals surface area contributed by atoms with Crippen molar-refractivity contribution in [2.24, 2.45) is 0 Å². The first-order valence-electron chi connectivity index (χ1n) is 6.39. The fourth-order valence-electron chi connectivity index (χ4n) is 1.57. The van der Waals surface area contributed by atoms with Crippen LogP contribution in [0.15, 0.2) is 18.2 Å². The number of carbonyl (C=O) groups excluding carboxylic acids is 2. The van der Waals surface area contributed by atoms with Crippen LogP contribution in [0.4, 0.5) is 5.13 Å². The van der Waals surface area contributed by atoms with Gasteiger partial charge < -0.3 is 10.1 Å². The summed E-state index contributed by atoms with van der Waals surface area (Å²) in [4.78, 5) is 27.9. The van der Waals surface area contributed by atoms with Crippen LogP contribution in [-0.2, 0) is 9.53 Å². The maximum Gasteiger partial charge on any atom is 0.338 e. The molecule has 0 aliphatic rings. The van der Waals surface area contributed by atoms with Gasteiger partial charge >= 0.3 is 5.97 Å². The fourth-order valence-corrected chi connectivity index (χ4v) is 2.56. The van der Waals surface area contributed by atoms with Crippen molar-refractivity contribution in [2.45, 2.75) is 25.1 Å². The Balaban J connectivity index is 2.26. The van der Waals surface area contributed by atoms with E-state index >= 15 is 0 Å². The summed E-state index contributed by atoms with van der Waals surface area (Å²) in [6.07, 6.45) is 0. The topological polar surface area (TPSA) is 68.3 Å². The summed E-state index contributed by atoms with van der Waals surface area (Å²) in [5.74, 6) is -0.535. The van der Waals surface area contributed by atoms with E-state index in [0.717, 1.165) is 10.2 Å². The number of anilines is 1. The van der Waals surface area contributed by atoms with E-state index in [1.807, 2.05) is 0 Å². The number of esters is 1. The number of fused-ring (bicyclic) bond motifs is 1. The molecule has 5 nitrogen and oxygen atoms in total. The maximum atomic E-state index is 11.9. The molecule has 0 bridgehead atoms. The highest BCUT2D eigenvalue weighted by Crippen LogP contribution is 2.28.